The zero-order valence-electron chi connectivity index (χ0n) is 18.5. The lowest BCUT2D eigenvalue weighted by Crippen LogP contribution is -2.45. The van der Waals surface area contributed by atoms with Crippen LogP contribution in [-0.2, 0) is 6.61 Å². The summed E-state index contributed by atoms with van der Waals surface area (Å²) in [5, 5.41) is 3.47. The summed E-state index contributed by atoms with van der Waals surface area (Å²) >= 11 is 0. The Labute approximate surface area is 185 Å². The minimum atomic E-state index is 0.200. The average molecular weight is 417 g/mol. The molecule has 1 unspecified atom stereocenters. The first kappa shape index (κ1) is 21.4. The molecule has 162 valence electrons. The quantitative estimate of drug-likeness (QED) is 0.562. The molecule has 0 bridgehead atoms. The second-order valence-electron chi connectivity index (χ2n) is 7.96. The maximum atomic E-state index is 6.14. The minimum Gasteiger partial charge on any atom is -0.490 e. The van der Waals surface area contributed by atoms with Crippen LogP contribution in [0.4, 0.5) is 0 Å². The van der Waals surface area contributed by atoms with Gasteiger partial charge in [0.2, 0.25) is 0 Å². The molecule has 1 aliphatic rings. The van der Waals surface area contributed by atoms with Crippen molar-refractivity contribution in [2.45, 2.75) is 26.5 Å². The van der Waals surface area contributed by atoms with Crippen LogP contribution in [0.2, 0.25) is 0 Å². The Kier molecular flexibility index (Phi) is 7.23. The Bertz CT molecular complexity index is 968. The van der Waals surface area contributed by atoms with Crippen LogP contribution < -0.4 is 14.8 Å². The van der Waals surface area contributed by atoms with Crippen molar-refractivity contribution in [3.05, 3.63) is 95.1 Å². The molecule has 0 aliphatic carbocycles. The molecular formula is C27H32N2O2. The standard InChI is InChI=1S/C27H32N2O2/c1-3-30-26-19-23(13-14-25(26)31-20-22-10-5-4-6-11-22)27(29-17-15-28-16-18-29)24-12-8-7-9-21(24)2/h4-14,19,27-28H,3,15-18,20H2,1-2H3. The third kappa shape index (κ3) is 5.27. The van der Waals surface area contributed by atoms with Crippen molar-refractivity contribution in [3.63, 3.8) is 0 Å². The fourth-order valence-electron chi connectivity index (χ4n) is 4.24. The summed E-state index contributed by atoms with van der Waals surface area (Å²) in [6.45, 7) is 9.42. The lowest BCUT2D eigenvalue weighted by molar-refractivity contribution is 0.197. The summed E-state index contributed by atoms with van der Waals surface area (Å²) in [6, 6.07) is 25.6. The fraction of sp³-hybridized carbons (Fsp3) is 0.333. The van der Waals surface area contributed by atoms with E-state index >= 15 is 0 Å². The molecule has 1 aliphatic heterocycles. The van der Waals surface area contributed by atoms with Gasteiger partial charge in [0.05, 0.1) is 12.6 Å². The Morgan fingerprint density at radius 1 is 0.871 bits per heavy atom. The van der Waals surface area contributed by atoms with Gasteiger partial charge in [0.25, 0.3) is 0 Å². The minimum absolute atomic E-state index is 0.200. The van der Waals surface area contributed by atoms with Crippen LogP contribution in [-0.4, -0.2) is 37.7 Å². The highest BCUT2D eigenvalue weighted by molar-refractivity contribution is 5.47. The molecule has 4 rings (SSSR count). The molecule has 1 atom stereocenters. The Morgan fingerprint density at radius 2 is 1.61 bits per heavy atom. The molecule has 1 fully saturated rings. The topological polar surface area (TPSA) is 33.7 Å². The van der Waals surface area contributed by atoms with Crippen molar-refractivity contribution in [3.8, 4) is 11.5 Å². The summed E-state index contributed by atoms with van der Waals surface area (Å²) in [4.78, 5) is 2.56. The zero-order valence-corrected chi connectivity index (χ0v) is 18.5. The van der Waals surface area contributed by atoms with E-state index in [0.717, 1.165) is 43.2 Å². The van der Waals surface area contributed by atoms with E-state index in [4.69, 9.17) is 9.47 Å². The molecule has 4 nitrogen and oxygen atoms in total. The van der Waals surface area contributed by atoms with Gasteiger partial charge in [-0.25, -0.2) is 0 Å². The molecule has 1 N–H and O–H groups in total. The van der Waals surface area contributed by atoms with Gasteiger partial charge in [-0.2, -0.15) is 0 Å². The highest BCUT2D eigenvalue weighted by atomic mass is 16.5. The number of aryl methyl sites for hydroxylation is 1. The normalized spacial score (nSPS) is 15.4. The first-order valence-corrected chi connectivity index (χ1v) is 11.2. The molecule has 3 aromatic carbocycles. The first-order valence-electron chi connectivity index (χ1n) is 11.2. The Morgan fingerprint density at radius 3 is 2.35 bits per heavy atom. The van der Waals surface area contributed by atoms with Crippen LogP contribution in [0.25, 0.3) is 0 Å². The maximum absolute atomic E-state index is 6.14. The van der Waals surface area contributed by atoms with E-state index in [2.05, 4.69) is 71.7 Å². The predicted octanol–water partition coefficient (Wildman–Crippen LogP) is 4.97. The highest BCUT2D eigenvalue weighted by Gasteiger charge is 2.26. The first-order chi connectivity index (χ1) is 15.3. The van der Waals surface area contributed by atoms with Crippen LogP contribution >= 0.6 is 0 Å². The van der Waals surface area contributed by atoms with E-state index < -0.39 is 0 Å². The van der Waals surface area contributed by atoms with Gasteiger partial charge in [-0.05, 0) is 48.2 Å². The molecule has 3 aromatic rings. The summed E-state index contributed by atoms with van der Waals surface area (Å²) in [5.41, 5.74) is 5.05. The second kappa shape index (κ2) is 10.5. The van der Waals surface area contributed by atoms with Gasteiger partial charge in [0.1, 0.15) is 6.61 Å². The van der Waals surface area contributed by atoms with Crippen LogP contribution in [0.5, 0.6) is 11.5 Å². The average Bonchev–Trinajstić information content (AvgIpc) is 2.82. The summed E-state index contributed by atoms with van der Waals surface area (Å²) < 4.78 is 12.2. The largest absolute Gasteiger partial charge is 0.490 e. The molecule has 0 radical (unpaired) electrons. The van der Waals surface area contributed by atoms with Gasteiger partial charge in [-0.15, -0.1) is 0 Å². The Balaban J connectivity index is 1.66. The number of hydrogen-bond donors (Lipinski definition) is 1. The molecule has 31 heavy (non-hydrogen) atoms. The van der Waals surface area contributed by atoms with Crippen molar-refractivity contribution in [2.24, 2.45) is 0 Å². The van der Waals surface area contributed by atoms with E-state index in [-0.39, 0.29) is 6.04 Å². The van der Waals surface area contributed by atoms with Crippen molar-refractivity contribution in [1.29, 1.82) is 0 Å². The molecular weight excluding hydrogens is 384 g/mol. The molecule has 0 spiro atoms. The zero-order chi connectivity index (χ0) is 21.5. The third-order valence-corrected chi connectivity index (χ3v) is 5.82. The number of nitrogens with one attached hydrogen (secondary N) is 1. The van der Waals surface area contributed by atoms with Crippen LogP contribution in [0.15, 0.2) is 72.8 Å². The lowest BCUT2D eigenvalue weighted by atomic mass is 9.93. The van der Waals surface area contributed by atoms with Crippen molar-refractivity contribution >= 4 is 0 Å². The fourth-order valence-corrected chi connectivity index (χ4v) is 4.24. The summed E-state index contributed by atoms with van der Waals surface area (Å²) in [5.74, 6) is 1.60. The van der Waals surface area contributed by atoms with Gasteiger partial charge in [-0.3, -0.25) is 4.90 Å². The van der Waals surface area contributed by atoms with Gasteiger partial charge < -0.3 is 14.8 Å². The summed E-state index contributed by atoms with van der Waals surface area (Å²) in [6.07, 6.45) is 0. The van der Waals surface area contributed by atoms with E-state index in [9.17, 15) is 0 Å². The smallest absolute Gasteiger partial charge is 0.161 e. The second-order valence-corrected chi connectivity index (χ2v) is 7.96. The summed E-state index contributed by atoms with van der Waals surface area (Å²) in [7, 11) is 0. The number of nitrogens with zero attached hydrogens (tertiary/aromatic N) is 1. The van der Waals surface area contributed by atoms with Crippen LogP contribution in [0.1, 0.15) is 35.2 Å². The monoisotopic (exact) mass is 416 g/mol. The number of hydrogen-bond acceptors (Lipinski definition) is 4. The van der Waals surface area contributed by atoms with E-state index in [0.29, 0.717) is 13.2 Å². The Hall–Kier alpha value is -2.82. The molecule has 1 heterocycles. The van der Waals surface area contributed by atoms with Crippen LogP contribution in [0.3, 0.4) is 0 Å². The molecule has 0 amide bonds. The van der Waals surface area contributed by atoms with Gasteiger partial charge in [-0.1, -0.05) is 60.7 Å². The van der Waals surface area contributed by atoms with E-state index in [1.165, 1.54) is 16.7 Å². The van der Waals surface area contributed by atoms with Crippen LogP contribution in [0, 0.1) is 6.92 Å². The van der Waals surface area contributed by atoms with Gasteiger partial charge in [0, 0.05) is 26.2 Å². The number of piperazine rings is 1. The number of benzene rings is 3. The third-order valence-electron chi connectivity index (χ3n) is 5.82. The van der Waals surface area contributed by atoms with Crippen molar-refractivity contribution in [2.75, 3.05) is 32.8 Å². The molecule has 0 aromatic heterocycles. The predicted molar refractivity (Wildman–Crippen MR) is 126 cm³/mol. The molecule has 1 saturated heterocycles. The highest BCUT2D eigenvalue weighted by Crippen LogP contribution is 2.37. The molecule has 4 heteroatoms. The number of ether oxygens (including phenoxy) is 2. The van der Waals surface area contributed by atoms with E-state index in [1.54, 1.807) is 0 Å². The number of rotatable bonds is 8. The SMILES string of the molecule is CCOc1cc(C(c2ccccc2C)N2CCNCC2)ccc1OCc1ccccc1. The van der Waals surface area contributed by atoms with E-state index in [1.807, 2.05) is 25.1 Å². The maximum Gasteiger partial charge on any atom is 0.161 e. The van der Waals surface area contributed by atoms with Crippen molar-refractivity contribution < 1.29 is 9.47 Å². The lowest BCUT2D eigenvalue weighted by Gasteiger charge is -2.36. The molecule has 0 saturated carbocycles. The van der Waals surface area contributed by atoms with Gasteiger partial charge >= 0.3 is 0 Å². The van der Waals surface area contributed by atoms with Crippen molar-refractivity contribution in [1.82, 2.24) is 10.2 Å². The van der Waals surface area contributed by atoms with Gasteiger partial charge in [0.15, 0.2) is 11.5 Å².